The third-order valence-electron chi connectivity index (χ3n) is 5.57. The molecule has 3 N–H and O–H groups in total. The molecule has 4 rings (SSSR count). The Morgan fingerprint density at radius 2 is 1.85 bits per heavy atom. The number of aromatic amines is 1. The molecule has 0 fully saturated rings. The van der Waals surface area contributed by atoms with E-state index in [1.165, 1.54) is 21.3 Å². The van der Waals surface area contributed by atoms with E-state index in [0.29, 0.717) is 45.2 Å². The van der Waals surface area contributed by atoms with Crippen LogP contribution in [-0.4, -0.2) is 60.0 Å². The fraction of sp³-hybridized carbons (Fsp3) is 0.318. The smallest absolute Gasteiger partial charge is 0.274 e. The maximum atomic E-state index is 13.5. The van der Waals surface area contributed by atoms with Crippen LogP contribution >= 0.6 is 0 Å². The number of nitrogens with one attached hydrogen (secondary N) is 1. The zero-order valence-electron chi connectivity index (χ0n) is 18.7. The highest BCUT2D eigenvalue weighted by Crippen LogP contribution is 2.44. The van der Waals surface area contributed by atoms with Gasteiger partial charge in [0.15, 0.2) is 11.5 Å². The Morgan fingerprint density at radius 3 is 2.48 bits per heavy atom. The number of hydrogen-bond acceptors (Lipinski definition) is 8. The lowest BCUT2D eigenvalue weighted by Gasteiger charge is -2.17. The van der Waals surface area contributed by atoms with Crippen molar-refractivity contribution in [2.24, 2.45) is 0 Å². The molecule has 0 spiro atoms. The highest BCUT2D eigenvalue weighted by molar-refractivity contribution is 7.85. The number of fused-ring (bicyclic) bond motifs is 2. The van der Waals surface area contributed by atoms with Gasteiger partial charge >= 0.3 is 0 Å². The molecule has 176 valence electrons. The normalized spacial score (nSPS) is 15.5. The van der Waals surface area contributed by atoms with Crippen molar-refractivity contribution >= 4 is 38.3 Å². The minimum Gasteiger partial charge on any atom is -0.493 e. The highest BCUT2D eigenvalue weighted by atomic mass is 32.2. The third kappa shape index (κ3) is 4.16. The van der Waals surface area contributed by atoms with Gasteiger partial charge in [0, 0.05) is 29.2 Å². The second-order valence-electron chi connectivity index (χ2n) is 7.71. The monoisotopic (exact) mass is 475 g/mol. The summed E-state index contributed by atoms with van der Waals surface area (Å²) in [5.74, 6) is 0.664. The average Bonchev–Trinajstić information content (AvgIpc) is 3.36. The lowest BCUT2D eigenvalue weighted by molar-refractivity contribution is 0.0983. The first-order valence-corrected chi connectivity index (χ1v) is 11.9. The van der Waals surface area contributed by atoms with Crippen molar-refractivity contribution in [1.82, 2.24) is 4.98 Å². The van der Waals surface area contributed by atoms with Gasteiger partial charge in [0.05, 0.1) is 39.7 Å². The molecule has 0 bridgehead atoms. The molecule has 1 atom stereocenters. The maximum Gasteiger partial charge on any atom is 0.274 e. The Hall–Kier alpha value is -3.44. The molecule has 1 aliphatic heterocycles. The van der Waals surface area contributed by atoms with Gasteiger partial charge in [-0.05, 0) is 29.8 Å². The number of aromatic nitrogens is 1. The number of nitrogen functional groups attached to an aromatic ring is 1. The molecule has 33 heavy (non-hydrogen) atoms. The zero-order valence-corrected chi connectivity index (χ0v) is 19.5. The minimum atomic E-state index is -3.62. The Balaban J connectivity index is 1.74. The van der Waals surface area contributed by atoms with Crippen LogP contribution in [0.15, 0.2) is 30.3 Å². The van der Waals surface area contributed by atoms with E-state index in [1.54, 1.807) is 35.2 Å². The van der Waals surface area contributed by atoms with Crippen LogP contribution in [0, 0.1) is 0 Å². The van der Waals surface area contributed by atoms with Crippen LogP contribution in [0.25, 0.3) is 10.9 Å². The van der Waals surface area contributed by atoms with E-state index in [9.17, 15) is 13.2 Å². The predicted octanol–water partition coefficient (Wildman–Crippen LogP) is 2.50. The fourth-order valence-electron chi connectivity index (χ4n) is 4.10. The van der Waals surface area contributed by atoms with Gasteiger partial charge < -0.3 is 29.8 Å². The molecule has 0 radical (unpaired) electrons. The van der Waals surface area contributed by atoms with E-state index in [4.69, 9.17) is 24.1 Å². The number of nitrogens with zero attached hydrogens (tertiary/aromatic N) is 1. The van der Waals surface area contributed by atoms with Gasteiger partial charge in [-0.15, -0.1) is 0 Å². The van der Waals surface area contributed by atoms with Crippen molar-refractivity contribution in [2.75, 3.05) is 51.4 Å². The van der Waals surface area contributed by atoms with Crippen molar-refractivity contribution in [2.45, 2.75) is 5.92 Å². The van der Waals surface area contributed by atoms with Crippen LogP contribution in [0.2, 0.25) is 0 Å². The number of carbonyl (C=O) groups excluding carboxylic acids is 1. The summed E-state index contributed by atoms with van der Waals surface area (Å²) in [7, 11) is 0.908. The van der Waals surface area contributed by atoms with Crippen LogP contribution in [0.4, 0.5) is 11.4 Å². The lowest BCUT2D eigenvalue weighted by atomic mass is 10.0. The minimum absolute atomic E-state index is 0.0749. The summed E-state index contributed by atoms with van der Waals surface area (Å²) < 4.78 is 44.3. The second-order valence-corrected chi connectivity index (χ2v) is 9.36. The molecule has 1 aromatic heterocycles. The molecule has 1 unspecified atom stereocenters. The molecular formula is C22H25N3O7S. The van der Waals surface area contributed by atoms with Crippen LogP contribution < -0.4 is 24.8 Å². The van der Waals surface area contributed by atoms with Gasteiger partial charge in [-0.1, -0.05) is 6.07 Å². The molecule has 0 aliphatic carbocycles. The summed E-state index contributed by atoms with van der Waals surface area (Å²) in [5.41, 5.74) is 8.76. The van der Waals surface area contributed by atoms with Crippen LogP contribution in [0.1, 0.15) is 22.0 Å². The topological polar surface area (TPSA) is 133 Å². The number of amides is 1. The zero-order chi connectivity index (χ0) is 23.9. The van der Waals surface area contributed by atoms with Crippen LogP contribution in [-0.2, 0) is 14.3 Å². The molecular weight excluding hydrogens is 450 g/mol. The quantitative estimate of drug-likeness (QED) is 0.393. The van der Waals surface area contributed by atoms with E-state index >= 15 is 0 Å². The second kappa shape index (κ2) is 8.49. The highest BCUT2D eigenvalue weighted by Gasteiger charge is 2.34. The summed E-state index contributed by atoms with van der Waals surface area (Å²) in [5, 5.41) is 0.705. The summed E-state index contributed by atoms with van der Waals surface area (Å²) in [6.07, 6.45) is 0.995. The Labute approximate surface area is 191 Å². The third-order valence-corrected chi connectivity index (χ3v) is 6.13. The number of rotatable bonds is 7. The largest absolute Gasteiger partial charge is 0.493 e. The van der Waals surface area contributed by atoms with E-state index < -0.39 is 10.1 Å². The molecule has 1 amide bonds. The first-order valence-electron chi connectivity index (χ1n) is 10.0. The summed E-state index contributed by atoms with van der Waals surface area (Å²) in [6, 6.07) is 8.66. The molecule has 1 aliphatic rings. The van der Waals surface area contributed by atoms with Gasteiger partial charge in [-0.3, -0.25) is 8.98 Å². The van der Waals surface area contributed by atoms with E-state index in [0.717, 1.165) is 11.8 Å². The molecule has 2 heterocycles. The Morgan fingerprint density at radius 1 is 1.12 bits per heavy atom. The van der Waals surface area contributed by atoms with Crippen LogP contribution in [0.3, 0.4) is 0 Å². The van der Waals surface area contributed by atoms with Gasteiger partial charge in [-0.2, -0.15) is 8.42 Å². The maximum absolute atomic E-state index is 13.5. The molecule has 0 saturated carbocycles. The van der Waals surface area contributed by atoms with Gasteiger partial charge in [0.2, 0.25) is 5.75 Å². The van der Waals surface area contributed by atoms with Crippen molar-refractivity contribution in [3.8, 4) is 17.2 Å². The number of methoxy groups -OCH3 is 3. The van der Waals surface area contributed by atoms with Crippen molar-refractivity contribution in [3.05, 3.63) is 41.6 Å². The summed E-state index contributed by atoms with van der Waals surface area (Å²) in [6.45, 7) is 0.167. The molecule has 11 heteroatoms. The summed E-state index contributed by atoms with van der Waals surface area (Å²) in [4.78, 5) is 18.2. The van der Waals surface area contributed by atoms with E-state index in [-0.39, 0.29) is 25.0 Å². The molecule has 3 aromatic rings. The number of H-pyrrole nitrogens is 1. The van der Waals surface area contributed by atoms with Crippen molar-refractivity contribution in [1.29, 1.82) is 0 Å². The predicted molar refractivity (Wildman–Crippen MR) is 124 cm³/mol. The molecule has 2 aromatic carbocycles. The first-order chi connectivity index (χ1) is 15.7. The van der Waals surface area contributed by atoms with E-state index in [2.05, 4.69) is 4.98 Å². The molecule has 10 nitrogen and oxygen atoms in total. The SMILES string of the molecule is COc1cc2cc(C(=O)N3CC(COS(C)(=O)=O)c4ccc(N)cc43)[nH]c2c(OC)c1OC. The first kappa shape index (κ1) is 22.7. The Kier molecular flexibility index (Phi) is 5.85. The van der Waals surface area contributed by atoms with Crippen molar-refractivity contribution in [3.63, 3.8) is 0 Å². The number of hydrogen-bond donors (Lipinski definition) is 2. The van der Waals surface area contributed by atoms with Crippen molar-refractivity contribution < 1.29 is 31.6 Å². The van der Waals surface area contributed by atoms with Gasteiger partial charge in [-0.25, -0.2) is 0 Å². The summed E-state index contributed by atoms with van der Waals surface area (Å²) >= 11 is 0. The Bertz CT molecular complexity index is 1330. The van der Waals surface area contributed by atoms with Gasteiger partial charge in [0.1, 0.15) is 5.69 Å². The number of anilines is 2. The van der Waals surface area contributed by atoms with Gasteiger partial charge in [0.25, 0.3) is 16.0 Å². The van der Waals surface area contributed by atoms with E-state index in [1.807, 2.05) is 0 Å². The number of nitrogens with two attached hydrogens (primary N) is 1. The lowest BCUT2D eigenvalue weighted by Crippen LogP contribution is -2.31. The number of benzene rings is 2. The standard InChI is InChI=1S/C22H25N3O7S/c1-29-18-8-12-7-16(24-19(12)21(31-3)20(18)30-2)22(26)25-10-13(11-32-33(4,27)28)15-6-5-14(23)9-17(15)25/h5-9,13,24H,10-11,23H2,1-4H3. The number of ether oxygens (including phenoxy) is 3. The fourth-order valence-corrected chi connectivity index (χ4v) is 4.51. The molecule has 0 saturated heterocycles. The van der Waals surface area contributed by atoms with Crippen LogP contribution in [0.5, 0.6) is 17.2 Å². The average molecular weight is 476 g/mol. The number of carbonyl (C=O) groups is 1.